The molecule has 0 aliphatic carbocycles. The summed E-state index contributed by atoms with van der Waals surface area (Å²) in [5.41, 5.74) is 4.48. The van der Waals surface area contributed by atoms with E-state index >= 15 is 0 Å². The van der Waals surface area contributed by atoms with Gasteiger partial charge in [-0.1, -0.05) is 60.1 Å². The average Bonchev–Trinajstić information content (AvgIpc) is 2.97. The molecule has 1 saturated heterocycles. The Hall–Kier alpha value is -3.60. The molecule has 2 atom stereocenters. The van der Waals surface area contributed by atoms with E-state index in [1.807, 2.05) is 42.5 Å². The van der Waals surface area contributed by atoms with Crippen molar-refractivity contribution in [1.82, 2.24) is 15.5 Å². The van der Waals surface area contributed by atoms with E-state index in [9.17, 15) is 18.0 Å². The molecule has 3 N–H and O–H groups in total. The van der Waals surface area contributed by atoms with Gasteiger partial charge in [-0.2, -0.15) is 0 Å². The van der Waals surface area contributed by atoms with E-state index in [0.29, 0.717) is 56.3 Å². The number of benzene rings is 3. The maximum atomic E-state index is 13.8. The Kier molecular flexibility index (Phi) is 8.82. The molecule has 1 fully saturated rings. The Morgan fingerprint density at radius 2 is 1.61 bits per heavy atom. The number of rotatable bonds is 8. The quantitative estimate of drug-likeness (QED) is 0.369. The maximum Gasteiger partial charge on any atom is 0.245 e. The molecular weight excluding hydrogens is 562 g/mol. The number of amides is 2. The lowest BCUT2D eigenvalue weighted by atomic mass is 9.95. The topological polar surface area (TPSA) is 111 Å². The molecule has 2 aliphatic heterocycles. The number of hydrogen-bond donors (Lipinski definition) is 3. The highest BCUT2D eigenvalue weighted by Gasteiger charge is 2.32. The van der Waals surface area contributed by atoms with Crippen LogP contribution in [-0.2, 0) is 39.0 Å². The van der Waals surface area contributed by atoms with Gasteiger partial charge in [-0.15, -0.1) is 0 Å². The molecule has 2 unspecified atom stereocenters. The molecule has 9 nitrogen and oxygen atoms in total. The smallest absolute Gasteiger partial charge is 0.245 e. The van der Waals surface area contributed by atoms with Gasteiger partial charge in [0.05, 0.1) is 23.7 Å². The number of halogens is 1. The molecule has 3 aromatic rings. The summed E-state index contributed by atoms with van der Waals surface area (Å²) in [5, 5.41) is 6.95. The lowest BCUT2D eigenvalue weighted by Crippen LogP contribution is -2.58. The Bertz CT molecular complexity index is 1510. The van der Waals surface area contributed by atoms with Gasteiger partial charge in [-0.3, -0.25) is 14.3 Å². The van der Waals surface area contributed by atoms with E-state index in [0.717, 1.165) is 23.1 Å². The van der Waals surface area contributed by atoms with Crippen molar-refractivity contribution in [3.63, 3.8) is 0 Å². The molecule has 2 aliphatic rings. The van der Waals surface area contributed by atoms with E-state index in [4.69, 9.17) is 11.6 Å². The van der Waals surface area contributed by atoms with Gasteiger partial charge in [0.2, 0.25) is 21.8 Å². The molecule has 2 heterocycles. The summed E-state index contributed by atoms with van der Waals surface area (Å²) >= 11 is 6.07. The summed E-state index contributed by atoms with van der Waals surface area (Å²) in [6.45, 7) is 2.53. The summed E-state index contributed by atoms with van der Waals surface area (Å²) in [6.07, 6.45) is 2.02. The van der Waals surface area contributed by atoms with E-state index in [-0.39, 0.29) is 11.8 Å². The van der Waals surface area contributed by atoms with Gasteiger partial charge in [0.1, 0.15) is 6.04 Å². The second kappa shape index (κ2) is 12.5. The van der Waals surface area contributed by atoms with E-state index < -0.39 is 22.1 Å². The maximum absolute atomic E-state index is 13.8. The average molecular weight is 596 g/mol. The fourth-order valence-corrected chi connectivity index (χ4v) is 6.09. The molecule has 11 heteroatoms. The second-order valence-electron chi connectivity index (χ2n) is 10.5. The molecule has 0 bridgehead atoms. The molecule has 5 rings (SSSR count). The number of sulfonamides is 1. The minimum absolute atomic E-state index is 0.147. The van der Waals surface area contributed by atoms with Crippen LogP contribution in [0.4, 0.5) is 11.4 Å². The Morgan fingerprint density at radius 1 is 0.951 bits per heavy atom. The molecule has 41 heavy (non-hydrogen) atoms. The molecule has 0 radical (unpaired) electrons. The highest BCUT2D eigenvalue weighted by atomic mass is 35.5. The summed E-state index contributed by atoms with van der Waals surface area (Å²) in [5.74, 6) is -0.349. The summed E-state index contributed by atoms with van der Waals surface area (Å²) in [7, 11) is -3.44. The summed E-state index contributed by atoms with van der Waals surface area (Å²) in [4.78, 5) is 31.1. The van der Waals surface area contributed by atoms with Crippen LogP contribution in [0.2, 0.25) is 5.02 Å². The van der Waals surface area contributed by atoms with Crippen molar-refractivity contribution in [2.24, 2.45) is 0 Å². The first-order valence-corrected chi connectivity index (χ1v) is 15.9. The number of hydrogen-bond acceptors (Lipinski definition) is 6. The van der Waals surface area contributed by atoms with Gasteiger partial charge in [0.25, 0.3) is 0 Å². The number of anilines is 2. The highest BCUT2D eigenvalue weighted by Crippen LogP contribution is 2.27. The van der Waals surface area contributed by atoms with Crippen LogP contribution in [-0.4, -0.2) is 69.7 Å². The standard InChI is InChI=1S/C30H34ClN5O4S/c1-41(39,40)34-25-8-4-5-9-28(25)35-14-16-36(17-15-35)30(38)27(18-21-10-12-24(31)13-11-21)33-29(37)26-19-22-6-2-3-7-23(22)20-32-26/h2-13,26-27,32,34H,14-20H2,1H3,(H,33,37). The van der Waals surface area contributed by atoms with Crippen LogP contribution in [0.3, 0.4) is 0 Å². The lowest BCUT2D eigenvalue weighted by molar-refractivity contribution is -0.137. The number of piperazine rings is 1. The molecule has 2 amide bonds. The number of carbonyl (C=O) groups is 2. The molecule has 3 aromatic carbocycles. The zero-order valence-electron chi connectivity index (χ0n) is 22.8. The van der Waals surface area contributed by atoms with Gasteiger partial charge in [-0.25, -0.2) is 8.42 Å². The van der Waals surface area contributed by atoms with Crippen LogP contribution in [0.25, 0.3) is 0 Å². The van der Waals surface area contributed by atoms with Crippen molar-refractivity contribution in [3.05, 3.63) is 94.5 Å². The van der Waals surface area contributed by atoms with Crippen molar-refractivity contribution >= 4 is 44.8 Å². The minimum atomic E-state index is -3.44. The zero-order chi connectivity index (χ0) is 29.0. The van der Waals surface area contributed by atoms with Crippen molar-refractivity contribution in [2.75, 3.05) is 42.1 Å². The SMILES string of the molecule is CS(=O)(=O)Nc1ccccc1N1CCN(C(=O)C(Cc2ccc(Cl)cc2)NC(=O)C2Cc3ccccc3CN2)CC1. The molecule has 0 aromatic heterocycles. The lowest BCUT2D eigenvalue weighted by Gasteiger charge is -2.38. The van der Waals surface area contributed by atoms with Gasteiger partial charge in [-0.05, 0) is 47.4 Å². The Labute approximate surface area is 245 Å². The zero-order valence-corrected chi connectivity index (χ0v) is 24.4. The predicted octanol–water partition coefficient (Wildman–Crippen LogP) is 2.80. The van der Waals surface area contributed by atoms with Crippen LogP contribution in [0, 0.1) is 0 Å². The fraction of sp³-hybridized carbons (Fsp3) is 0.333. The normalized spacial score (nSPS) is 17.9. The van der Waals surface area contributed by atoms with Crippen LogP contribution in [0.15, 0.2) is 72.8 Å². The number of carbonyl (C=O) groups excluding carboxylic acids is 2. The predicted molar refractivity (Wildman–Crippen MR) is 162 cm³/mol. The van der Waals surface area contributed by atoms with Gasteiger partial charge < -0.3 is 20.4 Å². The summed E-state index contributed by atoms with van der Waals surface area (Å²) in [6, 6.07) is 21.4. The number of para-hydroxylation sites is 2. The molecule has 0 spiro atoms. The molecular formula is C30H34ClN5O4S. The first-order chi connectivity index (χ1) is 19.7. The van der Waals surface area contributed by atoms with Crippen LogP contribution in [0.5, 0.6) is 0 Å². The van der Waals surface area contributed by atoms with Crippen molar-refractivity contribution in [1.29, 1.82) is 0 Å². The summed E-state index contributed by atoms with van der Waals surface area (Å²) < 4.78 is 26.3. The second-order valence-corrected chi connectivity index (χ2v) is 12.7. The largest absolute Gasteiger partial charge is 0.366 e. The third-order valence-corrected chi connectivity index (χ3v) is 8.34. The minimum Gasteiger partial charge on any atom is -0.366 e. The van der Waals surface area contributed by atoms with Gasteiger partial charge in [0, 0.05) is 44.2 Å². The van der Waals surface area contributed by atoms with E-state index in [1.165, 1.54) is 5.56 Å². The van der Waals surface area contributed by atoms with E-state index in [1.54, 1.807) is 29.2 Å². The highest BCUT2D eigenvalue weighted by molar-refractivity contribution is 7.92. The number of nitrogens with zero attached hydrogens (tertiary/aromatic N) is 2. The molecule has 216 valence electrons. The van der Waals surface area contributed by atoms with Gasteiger partial charge in [0.15, 0.2) is 0 Å². The third-order valence-electron chi connectivity index (χ3n) is 7.50. The van der Waals surface area contributed by atoms with Crippen LogP contribution < -0.4 is 20.3 Å². The number of fused-ring (bicyclic) bond motifs is 1. The number of nitrogens with one attached hydrogen (secondary N) is 3. The Balaban J connectivity index is 1.28. The van der Waals surface area contributed by atoms with Gasteiger partial charge >= 0.3 is 0 Å². The first kappa shape index (κ1) is 28.9. The monoisotopic (exact) mass is 595 g/mol. The van der Waals surface area contributed by atoms with Crippen LogP contribution in [0.1, 0.15) is 16.7 Å². The van der Waals surface area contributed by atoms with E-state index in [2.05, 4.69) is 26.3 Å². The molecule has 0 saturated carbocycles. The Morgan fingerprint density at radius 3 is 2.32 bits per heavy atom. The van der Waals surface area contributed by atoms with Crippen molar-refractivity contribution in [2.45, 2.75) is 31.5 Å². The van der Waals surface area contributed by atoms with Crippen molar-refractivity contribution in [3.8, 4) is 0 Å². The van der Waals surface area contributed by atoms with Crippen molar-refractivity contribution < 1.29 is 18.0 Å². The fourth-order valence-electron chi connectivity index (χ4n) is 5.39. The first-order valence-electron chi connectivity index (χ1n) is 13.6. The third kappa shape index (κ3) is 7.38. The van der Waals surface area contributed by atoms with Crippen LogP contribution >= 0.6 is 11.6 Å².